The van der Waals surface area contributed by atoms with Crippen LogP contribution in [0.1, 0.15) is 6.92 Å². The fraction of sp³-hybridized carbons (Fsp3) is 0.833. The minimum atomic E-state index is -1.52. The fourth-order valence-corrected chi connectivity index (χ4v) is 0.906. The Kier molecular flexibility index (Phi) is 1.87. The van der Waals surface area contributed by atoms with Crippen molar-refractivity contribution in [2.75, 3.05) is 0 Å². The summed E-state index contributed by atoms with van der Waals surface area (Å²) in [5, 5.41) is 22.1. The summed E-state index contributed by atoms with van der Waals surface area (Å²) in [5.41, 5.74) is 0. The third kappa shape index (κ3) is 1.41. The van der Waals surface area contributed by atoms with Crippen molar-refractivity contribution in [3.05, 3.63) is 0 Å². The van der Waals surface area contributed by atoms with Gasteiger partial charge in [-0.25, -0.2) is 0 Å². The SMILES string of the molecule is [3H]O[C@@H]1OC(C)C(=O)[C@H](O)C1O. The Morgan fingerprint density at radius 2 is 2.27 bits per heavy atom. The van der Waals surface area contributed by atoms with Gasteiger partial charge < -0.3 is 20.1 Å². The molecule has 0 aromatic heterocycles. The van der Waals surface area contributed by atoms with Crippen molar-refractivity contribution in [1.82, 2.24) is 0 Å². The molecule has 1 saturated heterocycles. The first-order valence-electron chi connectivity index (χ1n) is 3.66. The second-order valence-electron chi connectivity index (χ2n) is 2.48. The summed E-state index contributed by atoms with van der Waals surface area (Å²) in [7, 11) is 0. The lowest BCUT2D eigenvalue weighted by Crippen LogP contribution is -2.53. The first-order chi connectivity index (χ1) is 5.57. The van der Waals surface area contributed by atoms with Crippen molar-refractivity contribution < 1.29 is 24.9 Å². The standard InChI is InChI=1S/C6H10O5/c1-2-3(7)4(8)5(9)6(10)11-2/h2,4-6,8-10H,1H3/t2?,4-,5?,6+/m0/s1/i10T. The van der Waals surface area contributed by atoms with Crippen LogP contribution in [0.2, 0.25) is 0 Å². The Hall–Kier alpha value is -0.490. The summed E-state index contributed by atoms with van der Waals surface area (Å²) in [4.78, 5) is 10.9. The average molecular weight is 164 g/mol. The number of aliphatic hydroxyl groups excluding tert-OH is 3. The lowest BCUT2D eigenvalue weighted by Gasteiger charge is -2.31. The number of hydrogen-bond donors (Lipinski definition) is 3. The van der Waals surface area contributed by atoms with E-state index < -0.39 is 30.4 Å². The average Bonchev–Trinajstić information content (AvgIpc) is 2.08. The number of aliphatic hydroxyl groups is 3. The summed E-state index contributed by atoms with van der Waals surface area (Å²) in [6, 6.07) is 0. The number of rotatable bonds is 1. The van der Waals surface area contributed by atoms with Gasteiger partial charge in [0.2, 0.25) is 1.43 Å². The van der Waals surface area contributed by atoms with Crippen LogP contribution in [0.5, 0.6) is 0 Å². The maximum atomic E-state index is 10.9. The molecule has 4 atom stereocenters. The molecule has 2 unspecified atom stereocenters. The summed E-state index contributed by atoms with van der Waals surface area (Å²) in [5.74, 6) is -0.601. The van der Waals surface area contributed by atoms with E-state index >= 15 is 0 Å². The van der Waals surface area contributed by atoms with E-state index in [-0.39, 0.29) is 0 Å². The van der Waals surface area contributed by atoms with Gasteiger partial charge in [-0.1, -0.05) is 0 Å². The second-order valence-corrected chi connectivity index (χ2v) is 2.48. The molecule has 1 rings (SSSR count). The first kappa shape index (κ1) is 7.17. The van der Waals surface area contributed by atoms with Gasteiger partial charge >= 0.3 is 0 Å². The highest BCUT2D eigenvalue weighted by Crippen LogP contribution is 2.14. The van der Waals surface area contributed by atoms with E-state index in [1.807, 2.05) is 0 Å². The molecule has 0 saturated carbocycles. The van der Waals surface area contributed by atoms with Crippen LogP contribution in [-0.2, 0) is 9.53 Å². The molecule has 0 amide bonds. The predicted molar refractivity (Wildman–Crippen MR) is 33.6 cm³/mol. The molecule has 0 bridgehead atoms. The number of ketones is 1. The third-order valence-electron chi connectivity index (χ3n) is 1.63. The second kappa shape index (κ2) is 2.86. The maximum Gasteiger partial charge on any atom is 0.213 e. The molecule has 1 heterocycles. The van der Waals surface area contributed by atoms with Gasteiger partial charge in [-0.15, -0.1) is 0 Å². The molecule has 5 heteroatoms. The van der Waals surface area contributed by atoms with E-state index in [0.29, 0.717) is 0 Å². The zero-order chi connectivity index (χ0) is 9.30. The van der Waals surface area contributed by atoms with Crippen LogP contribution >= 0.6 is 0 Å². The summed E-state index contributed by atoms with van der Waals surface area (Å²) in [6.07, 6.45) is -5.11. The van der Waals surface area contributed by atoms with Gasteiger partial charge in [-0.05, 0) is 6.92 Å². The molecule has 3 N–H and O–H groups in total. The topological polar surface area (TPSA) is 87.0 Å². The molecular formula is C6H10O5. The molecule has 0 spiro atoms. The number of Topliss-reactive ketones (excluding diaryl/α,β-unsaturated/α-hetero) is 1. The van der Waals surface area contributed by atoms with Gasteiger partial charge in [-0.3, -0.25) is 4.79 Å². The van der Waals surface area contributed by atoms with Gasteiger partial charge in [0.05, 0.1) is 0 Å². The summed E-state index contributed by atoms with van der Waals surface area (Å²) >= 11 is 0. The van der Waals surface area contributed by atoms with E-state index in [0.717, 1.165) is 0 Å². The number of hydrogen-bond acceptors (Lipinski definition) is 5. The Balaban J connectivity index is 2.70. The van der Waals surface area contributed by atoms with Crippen molar-refractivity contribution in [2.24, 2.45) is 0 Å². The van der Waals surface area contributed by atoms with Crippen molar-refractivity contribution in [1.29, 1.82) is 1.43 Å². The van der Waals surface area contributed by atoms with Gasteiger partial charge in [0.1, 0.15) is 18.3 Å². The third-order valence-corrected chi connectivity index (χ3v) is 1.63. The number of carbonyl (C=O) groups excluding carboxylic acids is 1. The zero-order valence-corrected chi connectivity index (χ0v) is 5.93. The van der Waals surface area contributed by atoms with Crippen molar-refractivity contribution in [3.63, 3.8) is 0 Å². The molecule has 1 fully saturated rings. The zero-order valence-electron chi connectivity index (χ0n) is 6.93. The van der Waals surface area contributed by atoms with Gasteiger partial charge in [0.15, 0.2) is 12.1 Å². The number of carbonyl (C=O) groups is 1. The Morgan fingerprint density at radius 1 is 1.64 bits per heavy atom. The quantitative estimate of drug-likeness (QED) is 0.418. The lowest BCUT2D eigenvalue weighted by atomic mass is 10.0. The van der Waals surface area contributed by atoms with E-state index in [1.54, 1.807) is 0 Å². The van der Waals surface area contributed by atoms with Crippen LogP contribution in [-0.4, -0.2) is 47.1 Å². The summed E-state index contributed by atoms with van der Waals surface area (Å²) < 4.78 is 11.2. The van der Waals surface area contributed by atoms with Gasteiger partial charge in [-0.2, -0.15) is 0 Å². The lowest BCUT2D eigenvalue weighted by molar-refractivity contribution is -0.232. The molecule has 0 aliphatic carbocycles. The van der Waals surface area contributed by atoms with E-state index in [9.17, 15) is 4.79 Å². The Bertz CT molecular complexity index is 185. The normalized spacial score (nSPS) is 47.2. The molecule has 5 nitrogen and oxygen atoms in total. The highest BCUT2D eigenvalue weighted by atomic mass is 16.6. The van der Waals surface area contributed by atoms with Crippen LogP contribution in [0.15, 0.2) is 0 Å². The molecular weight excluding hydrogens is 152 g/mol. The molecule has 0 radical (unpaired) electrons. The Morgan fingerprint density at radius 3 is 2.82 bits per heavy atom. The molecule has 1 aliphatic rings. The molecule has 1 aliphatic heterocycles. The first-order valence-corrected chi connectivity index (χ1v) is 3.25. The van der Waals surface area contributed by atoms with Gasteiger partial charge in [0, 0.05) is 0 Å². The monoisotopic (exact) mass is 164 g/mol. The minimum absolute atomic E-state index is 0.601. The van der Waals surface area contributed by atoms with Crippen LogP contribution in [0.3, 0.4) is 0 Å². The van der Waals surface area contributed by atoms with E-state index in [4.69, 9.17) is 16.4 Å². The van der Waals surface area contributed by atoms with Crippen molar-refractivity contribution >= 4 is 5.78 Å². The smallest absolute Gasteiger partial charge is 0.213 e. The van der Waals surface area contributed by atoms with E-state index in [1.165, 1.54) is 6.92 Å². The van der Waals surface area contributed by atoms with Crippen molar-refractivity contribution in [3.8, 4) is 0 Å². The maximum absolute atomic E-state index is 10.9. The van der Waals surface area contributed by atoms with Crippen LogP contribution in [0, 0.1) is 0 Å². The Labute approximate surface area is 64.7 Å². The minimum Gasteiger partial charge on any atom is -0.385 e. The van der Waals surface area contributed by atoms with Crippen LogP contribution < -0.4 is 0 Å². The van der Waals surface area contributed by atoms with Crippen LogP contribution in [0.4, 0.5) is 0 Å². The highest BCUT2D eigenvalue weighted by Gasteiger charge is 2.40. The molecule has 64 valence electrons. The largest absolute Gasteiger partial charge is 0.385 e. The molecule has 0 aromatic carbocycles. The molecule has 0 aromatic rings. The highest BCUT2D eigenvalue weighted by molar-refractivity contribution is 5.88. The van der Waals surface area contributed by atoms with Crippen LogP contribution in [0.25, 0.3) is 0 Å². The molecule has 11 heavy (non-hydrogen) atoms. The predicted octanol–water partition coefficient (Wildman–Crippen LogP) is -1.99. The summed E-state index contributed by atoms with van der Waals surface area (Å²) in [6.45, 7) is 1.42. The fourth-order valence-electron chi connectivity index (χ4n) is 0.906. The van der Waals surface area contributed by atoms with Gasteiger partial charge in [0.25, 0.3) is 0 Å². The number of ether oxygens (including phenoxy) is 1. The van der Waals surface area contributed by atoms with Crippen molar-refractivity contribution in [2.45, 2.75) is 31.5 Å². The van der Waals surface area contributed by atoms with E-state index in [2.05, 4.69) is 5.11 Å².